The molecule has 0 aliphatic carbocycles. The molecule has 0 saturated heterocycles. The van der Waals surface area contributed by atoms with Crippen LogP contribution in [0.4, 0.5) is 0 Å². The summed E-state index contributed by atoms with van der Waals surface area (Å²) in [5.41, 5.74) is 7.24. The monoisotopic (exact) mass is 372 g/mol. The van der Waals surface area contributed by atoms with Crippen LogP contribution in [-0.4, -0.2) is 30.8 Å². The van der Waals surface area contributed by atoms with Gasteiger partial charge >= 0.3 is 0 Å². The summed E-state index contributed by atoms with van der Waals surface area (Å²) < 4.78 is 0. The van der Waals surface area contributed by atoms with Crippen molar-refractivity contribution >= 4 is 16.8 Å². The Labute approximate surface area is 162 Å². The molecule has 2 N–H and O–H groups in total. The average Bonchev–Trinajstić information content (AvgIpc) is 3.03. The Hall–Kier alpha value is -3.61. The van der Waals surface area contributed by atoms with Crippen molar-refractivity contribution in [2.24, 2.45) is 0 Å². The van der Waals surface area contributed by atoms with Crippen molar-refractivity contribution in [3.63, 3.8) is 0 Å². The Balaban J connectivity index is 1.60. The minimum Gasteiger partial charge on any atom is -0.353 e. The number of aryl methyl sites for hydroxylation is 3. The van der Waals surface area contributed by atoms with Crippen LogP contribution in [0.25, 0.3) is 22.3 Å². The molecule has 28 heavy (non-hydrogen) atoms. The van der Waals surface area contributed by atoms with Crippen molar-refractivity contribution in [2.45, 2.75) is 27.3 Å². The van der Waals surface area contributed by atoms with Crippen molar-refractivity contribution in [1.82, 2.24) is 30.2 Å². The molecule has 0 aliphatic heterocycles. The molecule has 0 saturated carbocycles. The molecule has 0 atom stereocenters. The number of carbonyl (C=O) groups is 1. The molecule has 0 unspecified atom stereocenters. The molecule has 0 aliphatic rings. The maximum atomic E-state index is 12.4. The maximum Gasteiger partial charge on any atom is 0.254 e. The van der Waals surface area contributed by atoms with E-state index >= 15 is 0 Å². The molecule has 4 rings (SSSR count). The van der Waals surface area contributed by atoms with Gasteiger partial charge in [0.15, 0.2) is 0 Å². The summed E-state index contributed by atoms with van der Waals surface area (Å²) in [6.07, 6.45) is 6.34. The van der Waals surface area contributed by atoms with Gasteiger partial charge in [0.2, 0.25) is 0 Å². The normalized spacial score (nSPS) is 11.0. The second-order valence-corrected chi connectivity index (χ2v) is 6.76. The van der Waals surface area contributed by atoms with Crippen molar-refractivity contribution in [2.75, 3.05) is 0 Å². The second kappa shape index (κ2) is 7.19. The molecule has 7 nitrogen and oxygen atoms in total. The van der Waals surface area contributed by atoms with Gasteiger partial charge in [-0.25, -0.2) is 19.9 Å². The van der Waals surface area contributed by atoms with Gasteiger partial charge in [0.1, 0.15) is 12.7 Å². The zero-order valence-electron chi connectivity index (χ0n) is 15.9. The third kappa shape index (κ3) is 3.22. The lowest BCUT2D eigenvalue weighted by Crippen LogP contribution is -2.24. The summed E-state index contributed by atoms with van der Waals surface area (Å²) >= 11 is 0. The van der Waals surface area contributed by atoms with Crippen LogP contribution >= 0.6 is 0 Å². The Bertz CT molecular complexity index is 1180. The lowest BCUT2D eigenvalue weighted by Gasteiger charge is -2.07. The molecule has 0 fully saturated rings. The lowest BCUT2D eigenvalue weighted by atomic mass is 10.1. The van der Waals surface area contributed by atoms with E-state index in [9.17, 15) is 4.79 Å². The van der Waals surface area contributed by atoms with Crippen molar-refractivity contribution in [3.8, 4) is 11.4 Å². The molecule has 1 aromatic carbocycles. The van der Waals surface area contributed by atoms with Crippen LogP contribution in [0.2, 0.25) is 0 Å². The molecule has 140 valence electrons. The smallest absolute Gasteiger partial charge is 0.254 e. The van der Waals surface area contributed by atoms with Crippen molar-refractivity contribution < 1.29 is 4.79 Å². The molecule has 3 aromatic heterocycles. The van der Waals surface area contributed by atoms with E-state index in [0.29, 0.717) is 17.8 Å². The van der Waals surface area contributed by atoms with Crippen LogP contribution in [-0.2, 0) is 6.54 Å². The van der Waals surface area contributed by atoms with E-state index in [1.54, 1.807) is 13.3 Å². The fourth-order valence-electron chi connectivity index (χ4n) is 3.27. The van der Waals surface area contributed by atoms with E-state index in [-0.39, 0.29) is 5.91 Å². The predicted octanol–water partition coefficient (Wildman–Crippen LogP) is 3.27. The standard InChI is InChI=1S/C21H20N6O/c1-12-7-22-11-26-19(12)20-13(2)16-6-15(4-5-18(16)27-20)8-24-21(28)17-9-23-10-25-14(17)3/h4-7,9-11,27H,8H2,1-3H3,(H,24,28). The number of fused-ring (bicyclic) bond motifs is 1. The Morgan fingerprint density at radius 3 is 2.64 bits per heavy atom. The largest absolute Gasteiger partial charge is 0.353 e. The van der Waals surface area contributed by atoms with E-state index in [1.807, 2.05) is 25.3 Å². The fraction of sp³-hybridized carbons (Fsp3) is 0.190. The number of rotatable bonds is 4. The Kier molecular flexibility index (Phi) is 4.57. The summed E-state index contributed by atoms with van der Waals surface area (Å²) in [6, 6.07) is 6.13. The maximum absolute atomic E-state index is 12.4. The lowest BCUT2D eigenvalue weighted by molar-refractivity contribution is 0.0949. The minimum atomic E-state index is -0.179. The first kappa shape index (κ1) is 17.8. The topological polar surface area (TPSA) is 96.5 Å². The number of nitrogens with one attached hydrogen (secondary N) is 2. The number of amides is 1. The number of H-pyrrole nitrogens is 1. The Morgan fingerprint density at radius 1 is 1.07 bits per heavy atom. The van der Waals surface area contributed by atoms with Crippen molar-refractivity contribution in [1.29, 1.82) is 0 Å². The molecular formula is C21H20N6O. The molecule has 3 heterocycles. The number of hydrogen-bond donors (Lipinski definition) is 2. The molecule has 7 heteroatoms. The number of carbonyl (C=O) groups excluding carboxylic acids is 1. The molecule has 4 aromatic rings. The van der Waals surface area contributed by atoms with E-state index in [0.717, 1.165) is 39.0 Å². The van der Waals surface area contributed by atoms with Crippen LogP contribution in [0, 0.1) is 20.8 Å². The summed E-state index contributed by atoms with van der Waals surface area (Å²) in [7, 11) is 0. The Morgan fingerprint density at radius 2 is 1.86 bits per heavy atom. The highest BCUT2D eigenvalue weighted by molar-refractivity contribution is 5.95. The summed E-state index contributed by atoms with van der Waals surface area (Å²) in [4.78, 5) is 32.3. The molecular weight excluding hydrogens is 352 g/mol. The molecule has 0 radical (unpaired) electrons. The van der Waals surface area contributed by atoms with E-state index in [1.165, 1.54) is 12.5 Å². The van der Waals surface area contributed by atoms with Gasteiger partial charge < -0.3 is 10.3 Å². The van der Waals surface area contributed by atoms with Crippen LogP contribution < -0.4 is 5.32 Å². The number of nitrogens with zero attached hydrogens (tertiary/aromatic N) is 4. The summed E-state index contributed by atoms with van der Waals surface area (Å²) in [6.45, 7) is 6.29. The molecule has 0 spiro atoms. The minimum absolute atomic E-state index is 0.179. The summed E-state index contributed by atoms with van der Waals surface area (Å²) in [5.74, 6) is -0.179. The highest BCUT2D eigenvalue weighted by Crippen LogP contribution is 2.30. The van der Waals surface area contributed by atoms with Gasteiger partial charge in [-0.1, -0.05) is 6.07 Å². The number of hydrogen-bond acceptors (Lipinski definition) is 5. The first-order valence-corrected chi connectivity index (χ1v) is 8.97. The van der Waals surface area contributed by atoms with E-state index in [2.05, 4.69) is 43.2 Å². The quantitative estimate of drug-likeness (QED) is 0.573. The van der Waals surface area contributed by atoms with Gasteiger partial charge in [-0.2, -0.15) is 0 Å². The van der Waals surface area contributed by atoms with Crippen LogP contribution in [0.3, 0.4) is 0 Å². The zero-order chi connectivity index (χ0) is 19.7. The van der Waals surface area contributed by atoms with E-state index < -0.39 is 0 Å². The van der Waals surface area contributed by atoms with Gasteiger partial charge in [-0.05, 0) is 49.6 Å². The highest BCUT2D eigenvalue weighted by Gasteiger charge is 2.14. The van der Waals surface area contributed by atoms with Gasteiger partial charge in [-0.15, -0.1) is 0 Å². The summed E-state index contributed by atoms with van der Waals surface area (Å²) in [5, 5.41) is 4.05. The van der Waals surface area contributed by atoms with Crippen molar-refractivity contribution in [3.05, 3.63) is 71.2 Å². The van der Waals surface area contributed by atoms with E-state index in [4.69, 9.17) is 0 Å². The van der Waals surface area contributed by atoms with Gasteiger partial charge in [0.05, 0.1) is 22.6 Å². The van der Waals surface area contributed by atoms with Crippen LogP contribution in [0.15, 0.2) is 43.2 Å². The first-order valence-electron chi connectivity index (χ1n) is 8.97. The third-order valence-electron chi connectivity index (χ3n) is 4.86. The zero-order valence-corrected chi connectivity index (χ0v) is 15.9. The number of aromatic nitrogens is 5. The highest BCUT2D eigenvalue weighted by atomic mass is 16.1. The number of aromatic amines is 1. The second-order valence-electron chi connectivity index (χ2n) is 6.76. The molecule has 0 bridgehead atoms. The van der Waals surface area contributed by atoms with Gasteiger partial charge in [0, 0.05) is 29.8 Å². The molecule has 1 amide bonds. The van der Waals surface area contributed by atoms with Gasteiger partial charge in [0.25, 0.3) is 5.91 Å². The SMILES string of the molecule is Cc1cncnc1-c1[nH]c2ccc(CNC(=O)c3cncnc3C)cc2c1C. The fourth-order valence-corrected chi connectivity index (χ4v) is 3.27. The third-order valence-corrected chi connectivity index (χ3v) is 4.86. The average molecular weight is 372 g/mol. The first-order chi connectivity index (χ1) is 13.5. The van der Waals surface area contributed by atoms with Crippen LogP contribution in [0.5, 0.6) is 0 Å². The van der Waals surface area contributed by atoms with Gasteiger partial charge in [-0.3, -0.25) is 4.79 Å². The predicted molar refractivity (Wildman–Crippen MR) is 107 cm³/mol. The number of benzene rings is 1. The van der Waals surface area contributed by atoms with Crippen LogP contribution in [0.1, 0.15) is 32.7 Å².